The van der Waals surface area contributed by atoms with E-state index in [1.807, 2.05) is 30.3 Å². The Kier molecular flexibility index (Phi) is 3.58. The number of hydrogen-bond donors (Lipinski definition) is 1. The highest BCUT2D eigenvalue weighted by Crippen LogP contribution is 2.25. The van der Waals surface area contributed by atoms with Crippen LogP contribution in [0.3, 0.4) is 0 Å². The summed E-state index contributed by atoms with van der Waals surface area (Å²) in [6.45, 7) is 3.36. The van der Waals surface area contributed by atoms with Crippen LogP contribution in [0.15, 0.2) is 30.3 Å². The first-order chi connectivity index (χ1) is 6.97. The maximum Gasteiger partial charge on any atom is 0.314 e. The van der Waals surface area contributed by atoms with Crippen molar-refractivity contribution in [3.63, 3.8) is 0 Å². The Morgan fingerprint density at radius 2 is 1.93 bits per heavy atom. The second kappa shape index (κ2) is 4.53. The molecule has 1 aromatic carbocycles. The van der Waals surface area contributed by atoms with Crippen molar-refractivity contribution in [2.75, 3.05) is 0 Å². The Morgan fingerprint density at radius 3 is 2.33 bits per heavy atom. The molecule has 1 unspecified atom stereocenters. The first kappa shape index (κ1) is 11.9. The van der Waals surface area contributed by atoms with Gasteiger partial charge in [0.2, 0.25) is 0 Å². The summed E-state index contributed by atoms with van der Waals surface area (Å²) in [7, 11) is 0. The Labute approximate surface area is 94.9 Å². The van der Waals surface area contributed by atoms with Crippen molar-refractivity contribution in [2.45, 2.75) is 20.3 Å². The van der Waals surface area contributed by atoms with Gasteiger partial charge >= 0.3 is 5.97 Å². The SMILES string of the molecule is CC(=S)C(C)(Cc1ccccc1)C(=O)O. The molecular formula is C12H14O2S. The molecule has 1 rings (SSSR count). The van der Waals surface area contributed by atoms with Crippen LogP contribution in [0.2, 0.25) is 0 Å². The normalized spacial score (nSPS) is 14.3. The number of carboxylic acid groups (broad SMARTS) is 1. The Bertz CT molecular complexity index is 356. The summed E-state index contributed by atoms with van der Waals surface area (Å²) in [5.41, 5.74) is 0.0445. The molecule has 80 valence electrons. The largest absolute Gasteiger partial charge is 0.481 e. The third-order valence-corrected chi connectivity index (χ3v) is 3.10. The van der Waals surface area contributed by atoms with E-state index in [4.69, 9.17) is 12.2 Å². The molecular weight excluding hydrogens is 208 g/mol. The first-order valence-electron chi connectivity index (χ1n) is 4.75. The minimum Gasteiger partial charge on any atom is -0.481 e. The van der Waals surface area contributed by atoms with Crippen LogP contribution >= 0.6 is 12.2 Å². The molecule has 0 aliphatic rings. The molecule has 1 N–H and O–H groups in total. The molecule has 0 aliphatic heterocycles. The zero-order valence-electron chi connectivity index (χ0n) is 8.86. The van der Waals surface area contributed by atoms with Crippen LogP contribution in [0.4, 0.5) is 0 Å². The fraction of sp³-hybridized carbons (Fsp3) is 0.333. The molecule has 0 aromatic heterocycles. The fourth-order valence-corrected chi connectivity index (χ4v) is 1.51. The van der Waals surface area contributed by atoms with Crippen molar-refractivity contribution in [3.8, 4) is 0 Å². The first-order valence-corrected chi connectivity index (χ1v) is 5.16. The molecule has 15 heavy (non-hydrogen) atoms. The summed E-state index contributed by atoms with van der Waals surface area (Å²) in [5.74, 6) is -0.862. The monoisotopic (exact) mass is 222 g/mol. The van der Waals surface area contributed by atoms with Gasteiger partial charge in [0.15, 0.2) is 0 Å². The lowest BCUT2D eigenvalue weighted by Crippen LogP contribution is -2.36. The van der Waals surface area contributed by atoms with Gasteiger partial charge in [-0.05, 0) is 25.8 Å². The van der Waals surface area contributed by atoms with E-state index in [1.165, 1.54) is 0 Å². The van der Waals surface area contributed by atoms with E-state index in [0.29, 0.717) is 11.3 Å². The molecule has 0 fully saturated rings. The molecule has 0 amide bonds. The van der Waals surface area contributed by atoms with E-state index < -0.39 is 11.4 Å². The smallest absolute Gasteiger partial charge is 0.314 e. The lowest BCUT2D eigenvalue weighted by Gasteiger charge is -2.23. The molecule has 3 heteroatoms. The second-order valence-corrected chi connectivity index (χ2v) is 4.47. The van der Waals surface area contributed by atoms with E-state index >= 15 is 0 Å². The molecule has 0 spiro atoms. The van der Waals surface area contributed by atoms with E-state index in [1.54, 1.807) is 13.8 Å². The number of carboxylic acids is 1. The summed E-state index contributed by atoms with van der Waals surface area (Å²) in [5, 5.41) is 9.18. The van der Waals surface area contributed by atoms with Crippen molar-refractivity contribution < 1.29 is 9.90 Å². The van der Waals surface area contributed by atoms with Gasteiger partial charge in [0.1, 0.15) is 0 Å². The summed E-state index contributed by atoms with van der Waals surface area (Å²) < 4.78 is 0. The molecule has 0 radical (unpaired) electrons. The number of hydrogen-bond acceptors (Lipinski definition) is 2. The number of aliphatic carboxylic acids is 1. The Balaban J connectivity index is 2.95. The lowest BCUT2D eigenvalue weighted by molar-refractivity contribution is -0.143. The highest BCUT2D eigenvalue weighted by molar-refractivity contribution is 7.80. The van der Waals surface area contributed by atoms with E-state index in [2.05, 4.69) is 0 Å². The number of benzene rings is 1. The predicted molar refractivity (Wildman–Crippen MR) is 64.2 cm³/mol. The maximum atomic E-state index is 11.2. The van der Waals surface area contributed by atoms with Gasteiger partial charge in [-0.25, -0.2) is 0 Å². The molecule has 0 bridgehead atoms. The molecule has 0 aliphatic carbocycles. The zero-order valence-corrected chi connectivity index (χ0v) is 9.67. The minimum atomic E-state index is -0.948. The molecule has 0 heterocycles. The predicted octanol–water partition coefficient (Wildman–Crippen LogP) is 2.71. The highest BCUT2D eigenvalue weighted by atomic mass is 32.1. The fourth-order valence-electron chi connectivity index (χ4n) is 1.35. The average molecular weight is 222 g/mol. The zero-order chi connectivity index (χ0) is 11.5. The Morgan fingerprint density at radius 1 is 1.40 bits per heavy atom. The van der Waals surface area contributed by atoms with Gasteiger partial charge in [-0.3, -0.25) is 4.79 Å². The summed E-state index contributed by atoms with van der Waals surface area (Å²) in [6.07, 6.45) is 0.443. The highest BCUT2D eigenvalue weighted by Gasteiger charge is 2.35. The van der Waals surface area contributed by atoms with Gasteiger partial charge in [-0.2, -0.15) is 0 Å². The van der Waals surface area contributed by atoms with Gasteiger partial charge in [-0.1, -0.05) is 42.5 Å². The molecule has 1 atom stereocenters. The van der Waals surface area contributed by atoms with Crippen molar-refractivity contribution in [1.29, 1.82) is 0 Å². The van der Waals surface area contributed by atoms with Crippen molar-refractivity contribution >= 4 is 23.1 Å². The van der Waals surface area contributed by atoms with E-state index in [-0.39, 0.29) is 0 Å². The molecule has 0 saturated carbocycles. The van der Waals surface area contributed by atoms with Crippen LogP contribution in [-0.4, -0.2) is 15.9 Å². The van der Waals surface area contributed by atoms with E-state index in [9.17, 15) is 9.90 Å². The quantitative estimate of drug-likeness (QED) is 0.796. The van der Waals surface area contributed by atoms with Crippen LogP contribution in [0.25, 0.3) is 0 Å². The van der Waals surface area contributed by atoms with Gasteiger partial charge in [-0.15, -0.1) is 0 Å². The van der Waals surface area contributed by atoms with Crippen molar-refractivity contribution in [3.05, 3.63) is 35.9 Å². The van der Waals surface area contributed by atoms with Crippen LogP contribution in [0.5, 0.6) is 0 Å². The third-order valence-electron chi connectivity index (χ3n) is 2.65. The van der Waals surface area contributed by atoms with Gasteiger partial charge in [0.05, 0.1) is 5.41 Å². The number of rotatable bonds is 4. The summed E-state index contributed by atoms with van der Waals surface area (Å²) in [6, 6.07) is 9.54. The lowest BCUT2D eigenvalue weighted by atomic mass is 9.81. The average Bonchev–Trinajstić information content (AvgIpc) is 2.18. The Hall–Kier alpha value is -1.22. The maximum absolute atomic E-state index is 11.2. The van der Waals surface area contributed by atoms with Crippen LogP contribution in [0, 0.1) is 5.41 Å². The molecule has 0 saturated heterocycles. The summed E-state index contributed by atoms with van der Waals surface area (Å²) in [4.78, 5) is 11.7. The van der Waals surface area contributed by atoms with Gasteiger partial charge in [0.25, 0.3) is 0 Å². The standard InChI is InChI=1S/C12H14O2S/c1-9(15)12(2,11(13)14)8-10-6-4-3-5-7-10/h3-7H,8H2,1-2H3,(H,13,14). The molecule has 2 nitrogen and oxygen atoms in total. The van der Waals surface area contributed by atoms with Crippen LogP contribution < -0.4 is 0 Å². The topological polar surface area (TPSA) is 37.3 Å². The van der Waals surface area contributed by atoms with Gasteiger partial charge in [0, 0.05) is 4.86 Å². The minimum absolute atomic E-state index is 0.443. The van der Waals surface area contributed by atoms with E-state index in [0.717, 1.165) is 5.56 Å². The van der Waals surface area contributed by atoms with Crippen molar-refractivity contribution in [2.24, 2.45) is 5.41 Å². The van der Waals surface area contributed by atoms with Crippen LogP contribution in [0.1, 0.15) is 19.4 Å². The van der Waals surface area contributed by atoms with Crippen LogP contribution in [-0.2, 0) is 11.2 Å². The summed E-state index contributed by atoms with van der Waals surface area (Å²) >= 11 is 5.02. The number of thiocarbonyl (C=S) groups is 1. The molecule has 1 aromatic rings. The van der Waals surface area contributed by atoms with Crippen molar-refractivity contribution in [1.82, 2.24) is 0 Å². The van der Waals surface area contributed by atoms with Gasteiger partial charge < -0.3 is 5.11 Å². The number of carbonyl (C=O) groups is 1. The third kappa shape index (κ3) is 2.63. The second-order valence-electron chi connectivity index (χ2n) is 3.86.